The van der Waals surface area contributed by atoms with E-state index in [1.54, 1.807) is 6.07 Å². The number of nitrogens with zero attached hydrogens (tertiary/aromatic N) is 2. The van der Waals surface area contributed by atoms with Gasteiger partial charge in [0.15, 0.2) is 4.34 Å². The van der Waals surface area contributed by atoms with E-state index >= 15 is 0 Å². The molecule has 2 heterocycles. The van der Waals surface area contributed by atoms with Gasteiger partial charge in [-0.05, 0) is 48.1 Å². The van der Waals surface area contributed by atoms with E-state index in [9.17, 15) is 14.4 Å². The van der Waals surface area contributed by atoms with E-state index in [1.165, 1.54) is 23.1 Å². The van der Waals surface area contributed by atoms with Gasteiger partial charge in [0.2, 0.25) is 17.7 Å². The third kappa shape index (κ3) is 11.1. The molecule has 1 fully saturated rings. The maximum Gasteiger partial charge on any atom is 0.243 e. The van der Waals surface area contributed by atoms with Gasteiger partial charge in [-0.2, -0.15) is 0 Å². The van der Waals surface area contributed by atoms with Crippen molar-refractivity contribution in [3.05, 3.63) is 63.5 Å². The van der Waals surface area contributed by atoms with E-state index in [4.69, 9.17) is 23.2 Å². The van der Waals surface area contributed by atoms with E-state index in [-0.39, 0.29) is 35.7 Å². The molecule has 0 saturated carbocycles. The Labute approximate surface area is 271 Å². The van der Waals surface area contributed by atoms with Crippen molar-refractivity contribution in [2.75, 3.05) is 30.7 Å². The van der Waals surface area contributed by atoms with Gasteiger partial charge >= 0.3 is 0 Å². The highest BCUT2D eigenvalue weighted by Crippen LogP contribution is 2.30. The lowest BCUT2D eigenvalue weighted by molar-refractivity contribution is -0.125. The zero-order valence-corrected chi connectivity index (χ0v) is 27.7. The third-order valence-electron chi connectivity index (χ3n) is 6.73. The zero-order chi connectivity index (χ0) is 31.0. The van der Waals surface area contributed by atoms with Crippen LogP contribution in [0.5, 0.6) is 0 Å². The van der Waals surface area contributed by atoms with Crippen LogP contribution in [0.3, 0.4) is 0 Å². The second-order valence-electron chi connectivity index (χ2n) is 11.8. The molecular formula is C31H37Cl2N5O3S2. The van der Waals surface area contributed by atoms with Gasteiger partial charge in [-0.3, -0.25) is 19.3 Å². The smallest absolute Gasteiger partial charge is 0.243 e. The molecule has 1 aliphatic rings. The average Bonchev–Trinajstić information content (AvgIpc) is 3.42. The Bertz CT molecular complexity index is 1430. The maximum atomic E-state index is 12.7. The fourth-order valence-corrected chi connectivity index (χ4v) is 6.64. The van der Waals surface area contributed by atoms with E-state index in [0.29, 0.717) is 27.9 Å². The molecule has 0 unspecified atom stereocenters. The molecule has 43 heavy (non-hydrogen) atoms. The van der Waals surface area contributed by atoms with Crippen LogP contribution in [-0.4, -0.2) is 59.0 Å². The molecule has 1 aromatic heterocycles. The Balaban J connectivity index is 1.18. The molecular weight excluding hydrogens is 625 g/mol. The van der Waals surface area contributed by atoms with Crippen LogP contribution in [0.2, 0.25) is 10.0 Å². The number of halogens is 2. The molecule has 1 saturated heterocycles. The van der Waals surface area contributed by atoms with E-state index in [2.05, 4.69) is 25.8 Å². The summed E-state index contributed by atoms with van der Waals surface area (Å²) < 4.78 is 0.803. The Morgan fingerprint density at radius 1 is 1.02 bits per heavy atom. The van der Waals surface area contributed by atoms with Crippen LogP contribution in [0.15, 0.2) is 52.2 Å². The molecule has 3 amide bonds. The van der Waals surface area contributed by atoms with Crippen LogP contribution in [0.4, 0.5) is 5.69 Å². The van der Waals surface area contributed by atoms with Crippen molar-refractivity contribution in [2.24, 2.45) is 5.41 Å². The fourth-order valence-electron chi connectivity index (χ4n) is 4.67. The van der Waals surface area contributed by atoms with Crippen molar-refractivity contribution in [1.29, 1.82) is 0 Å². The summed E-state index contributed by atoms with van der Waals surface area (Å²) in [6.07, 6.45) is 2.15. The van der Waals surface area contributed by atoms with Crippen LogP contribution < -0.4 is 16.0 Å². The first-order valence-electron chi connectivity index (χ1n) is 14.1. The predicted molar refractivity (Wildman–Crippen MR) is 177 cm³/mol. The van der Waals surface area contributed by atoms with Crippen molar-refractivity contribution in [3.8, 4) is 11.3 Å². The van der Waals surface area contributed by atoms with Crippen molar-refractivity contribution in [2.45, 2.75) is 57.0 Å². The number of amides is 3. The second-order valence-corrected chi connectivity index (χ2v) is 14.7. The maximum absolute atomic E-state index is 12.7. The molecule has 0 atom stereocenters. The normalized spacial score (nSPS) is 14.3. The Morgan fingerprint density at radius 2 is 1.79 bits per heavy atom. The molecule has 230 valence electrons. The average molecular weight is 663 g/mol. The number of rotatable bonds is 11. The predicted octanol–water partition coefficient (Wildman–Crippen LogP) is 6.48. The molecule has 12 heteroatoms. The summed E-state index contributed by atoms with van der Waals surface area (Å²) in [5.74, 6) is -0.145. The SMILES string of the molecule is CC(C)(C)CC(=O)NCC(=O)Nc1cccc(-c2csc(SCC(=O)NC3CCN(Cc4ccc(Cl)c(Cl)c4)CC3)n2)c1. The Hall–Kier alpha value is -2.63. The number of aromatic nitrogens is 1. The minimum absolute atomic E-state index is 0.00369. The van der Waals surface area contributed by atoms with Gasteiger partial charge in [0.1, 0.15) is 0 Å². The standard InChI is InChI=1S/C31H37Cl2N5O3S2/c1-31(2,3)15-27(39)34-16-28(40)36-23-6-4-5-21(14-23)26-18-42-30(37-26)43-19-29(41)35-22-9-11-38(12-10-22)17-20-7-8-24(32)25(33)13-20/h4-8,13-14,18,22H,9-12,15-17,19H2,1-3H3,(H,34,39)(H,35,41)(H,36,40). The van der Waals surface area contributed by atoms with Crippen molar-refractivity contribution >= 4 is 69.7 Å². The highest BCUT2D eigenvalue weighted by atomic mass is 35.5. The minimum atomic E-state index is -0.294. The first-order chi connectivity index (χ1) is 20.4. The highest BCUT2D eigenvalue weighted by molar-refractivity contribution is 8.01. The van der Waals surface area contributed by atoms with Gasteiger partial charge in [0.25, 0.3) is 0 Å². The van der Waals surface area contributed by atoms with Crippen LogP contribution in [0, 0.1) is 5.41 Å². The third-order valence-corrected chi connectivity index (χ3v) is 9.49. The van der Waals surface area contributed by atoms with Gasteiger partial charge in [0, 0.05) is 48.7 Å². The first kappa shape index (κ1) is 33.3. The molecule has 8 nitrogen and oxygen atoms in total. The first-order valence-corrected chi connectivity index (χ1v) is 16.8. The summed E-state index contributed by atoms with van der Waals surface area (Å²) in [5, 5.41) is 11.7. The molecule has 2 aromatic carbocycles. The molecule has 1 aliphatic heterocycles. The van der Waals surface area contributed by atoms with Crippen LogP contribution >= 0.6 is 46.3 Å². The van der Waals surface area contributed by atoms with Gasteiger partial charge in [-0.15, -0.1) is 11.3 Å². The molecule has 0 bridgehead atoms. The molecule has 4 rings (SSSR count). The number of piperidine rings is 1. The summed E-state index contributed by atoms with van der Waals surface area (Å²) in [7, 11) is 0. The Morgan fingerprint density at radius 3 is 2.51 bits per heavy atom. The summed E-state index contributed by atoms with van der Waals surface area (Å²) in [6, 6.07) is 13.3. The van der Waals surface area contributed by atoms with Crippen LogP contribution in [0.1, 0.15) is 45.6 Å². The molecule has 3 N–H and O–H groups in total. The van der Waals surface area contributed by atoms with Gasteiger partial charge < -0.3 is 16.0 Å². The number of likely N-dealkylation sites (tertiary alicyclic amines) is 1. The van der Waals surface area contributed by atoms with Crippen LogP contribution in [0.25, 0.3) is 11.3 Å². The Kier molecular flexibility index (Phi) is 11.9. The van der Waals surface area contributed by atoms with Gasteiger partial charge in [0.05, 0.1) is 28.0 Å². The molecule has 0 radical (unpaired) electrons. The zero-order valence-electron chi connectivity index (χ0n) is 24.5. The van der Waals surface area contributed by atoms with Crippen molar-refractivity contribution in [1.82, 2.24) is 20.5 Å². The lowest BCUT2D eigenvalue weighted by Crippen LogP contribution is -2.44. The molecule has 3 aromatic rings. The number of carbonyl (C=O) groups is 3. The van der Waals surface area contributed by atoms with E-state index in [1.807, 2.05) is 62.5 Å². The topological polar surface area (TPSA) is 103 Å². The molecule has 0 spiro atoms. The summed E-state index contributed by atoms with van der Waals surface area (Å²) in [5.41, 5.74) is 3.24. The summed E-state index contributed by atoms with van der Waals surface area (Å²) >= 11 is 15.1. The largest absolute Gasteiger partial charge is 0.353 e. The second kappa shape index (κ2) is 15.4. The van der Waals surface area contributed by atoms with Crippen molar-refractivity contribution in [3.63, 3.8) is 0 Å². The minimum Gasteiger partial charge on any atom is -0.353 e. The summed E-state index contributed by atoms with van der Waals surface area (Å²) in [4.78, 5) is 44.0. The van der Waals surface area contributed by atoms with E-state index in [0.717, 1.165) is 53.6 Å². The highest BCUT2D eigenvalue weighted by Gasteiger charge is 2.21. The lowest BCUT2D eigenvalue weighted by Gasteiger charge is -2.32. The quantitative estimate of drug-likeness (QED) is 0.203. The number of benzene rings is 2. The number of thioether (sulfide) groups is 1. The number of thiazole rings is 1. The van der Waals surface area contributed by atoms with Crippen LogP contribution in [-0.2, 0) is 20.9 Å². The van der Waals surface area contributed by atoms with Gasteiger partial charge in [-0.25, -0.2) is 4.98 Å². The number of hydrogen-bond donors (Lipinski definition) is 3. The number of nitrogens with one attached hydrogen (secondary N) is 3. The number of anilines is 1. The van der Waals surface area contributed by atoms with Crippen molar-refractivity contribution < 1.29 is 14.4 Å². The van der Waals surface area contributed by atoms with Gasteiger partial charge in [-0.1, -0.05) is 73.9 Å². The number of hydrogen-bond acceptors (Lipinski definition) is 7. The number of carbonyl (C=O) groups excluding carboxylic acids is 3. The molecule has 0 aliphatic carbocycles. The fraction of sp³-hybridized carbons (Fsp3) is 0.419. The lowest BCUT2D eigenvalue weighted by atomic mass is 9.92. The van der Waals surface area contributed by atoms with E-state index < -0.39 is 0 Å². The summed E-state index contributed by atoms with van der Waals surface area (Å²) in [6.45, 7) is 8.45. The monoisotopic (exact) mass is 661 g/mol.